The first-order chi connectivity index (χ1) is 10.0. The Hall–Kier alpha value is -0.120. The lowest BCUT2D eigenvalue weighted by Gasteiger charge is -2.45. The van der Waals surface area contributed by atoms with Crippen molar-refractivity contribution in [3.05, 3.63) is 0 Å². The Kier molecular flexibility index (Phi) is 6.51. The first kappa shape index (κ1) is 17.2. The summed E-state index contributed by atoms with van der Waals surface area (Å²) in [5, 5.41) is 3.73. The van der Waals surface area contributed by atoms with Gasteiger partial charge in [-0.15, -0.1) is 0 Å². The first-order valence-electron chi connectivity index (χ1n) is 9.01. The standard InChI is InChI=1S/C18H36N2O/c1-15(2)19-13-18(9-7-16(3)8-10-18)14-20-11-5-6-17(12-20)21-4/h15-17,19H,5-14H2,1-4H3. The fourth-order valence-corrected chi connectivity index (χ4v) is 4.01. The van der Waals surface area contributed by atoms with Crippen LogP contribution in [-0.4, -0.2) is 50.3 Å². The third-order valence-electron chi connectivity index (χ3n) is 5.57. The van der Waals surface area contributed by atoms with Crippen molar-refractivity contribution in [2.45, 2.75) is 71.4 Å². The summed E-state index contributed by atoms with van der Waals surface area (Å²) < 4.78 is 5.60. The molecule has 0 bridgehead atoms. The normalized spacial score (nSPS) is 35.3. The van der Waals surface area contributed by atoms with Crippen molar-refractivity contribution in [2.75, 3.05) is 33.3 Å². The molecule has 21 heavy (non-hydrogen) atoms. The number of piperidine rings is 1. The number of nitrogens with one attached hydrogen (secondary N) is 1. The number of rotatable bonds is 6. The molecule has 0 amide bonds. The van der Waals surface area contributed by atoms with Gasteiger partial charge in [-0.2, -0.15) is 0 Å². The lowest BCUT2D eigenvalue weighted by molar-refractivity contribution is 0.00332. The van der Waals surface area contributed by atoms with Gasteiger partial charge in [-0.3, -0.25) is 0 Å². The van der Waals surface area contributed by atoms with Gasteiger partial charge >= 0.3 is 0 Å². The molecule has 0 aromatic carbocycles. The van der Waals surface area contributed by atoms with Crippen LogP contribution >= 0.6 is 0 Å². The fraction of sp³-hybridized carbons (Fsp3) is 1.00. The summed E-state index contributed by atoms with van der Waals surface area (Å²) in [4.78, 5) is 2.68. The molecule has 1 aliphatic carbocycles. The Bertz CT molecular complexity index is 298. The summed E-state index contributed by atoms with van der Waals surface area (Å²) in [6, 6.07) is 0.592. The van der Waals surface area contributed by atoms with Crippen LogP contribution in [-0.2, 0) is 4.74 Å². The Labute approximate surface area is 131 Å². The van der Waals surface area contributed by atoms with E-state index in [1.165, 1.54) is 58.2 Å². The molecule has 0 aromatic heterocycles. The molecule has 1 unspecified atom stereocenters. The molecule has 124 valence electrons. The Morgan fingerprint density at radius 2 is 1.95 bits per heavy atom. The van der Waals surface area contributed by atoms with Crippen LogP contribution < -0.4 is 5.32 Å². The summed E-state index contributed by atoms with van der Waals surface area (Å²) in [6.07, 6.45) is 8.58. The van der Waals surface area contributed by atoms with Crippen molar-refractivity contribution >= 4 is 0 Å². The molecule has 1 saturated carbocycles. The predicted molar refractivity (Wildman–Crippen MR) is 89.7 cm³/mol. The molecule has 1 saturated heterocycles. The molecule has 2 rings (SSSR count). The van der Waals surface area contributed by atoms with Gasteiger partial charge in [0.2, 0.25) is 0 Å². The molecular formula is C18H36N2O. The van der Waals surface area contributed by atoms with Gasteiger partial charge in [0.15, 0.2) is 0 Å². The summed E-state index contributed by atoms with van der Waals surface area (Å²) >= 11 is 0. The van der Waals surface area contributed by atoms with E-state index in [4.69, 9.17) is 4.74 Å². The summed E-state index contributed by atoms with van der Waals surface area (Å²) in [5.74, 6) is 0.922. The van der Waals surface area contributed by atoms with E-state index in [2.05, 4.69) is 31.0 Å². The van der Waals surface area contributed by atoms with Crippen LogP contribution in [0.1, 0.15) is 59.3 Å². The summed E-state index contributed by atoms with van der Waals surface area (Å²) in [6.45, 7) is 11.8. The number of likely N-dealkylation sites (tertiary alicyclic amines) is 1. The van der Waals surface area contributed by atoms with E-state index in [0.717, 1.165) is 12.5 Å². The van der Waals surface area contributed by atoms with E-state index in [9.17, 15) is 0 Å². The van der Waals surface area contributed by atoms with Crippen molar-refractivity contribution < 1.29 is 4.74 Å². The quantitative estimate of drug-likeness (QED) is 0.814. The van der Waals surface area contributed by atoms with Crippen LogP contribution in [0.4, 0.5) is 0 Å². The van der Waals surface area contributed by atoms with E-state index < -0.39 is 0 Å². The zero-order valence-electron chi connectivity index (χ0n) is 14.7. The van der Waals surface area contributed by atoms with Gasteiger partial charge in [0, 0.05) is 32.8 Å². The SMILES string of the molecule is COC1CCCN(CC2(CNC(C)C)CCC(C)CC2)C1. The monoisotopic (exact) mass is 296 g/mol. The number of ether oxygens (including phenoxy) is 1. The number of hydrogen-bond acceptors (Lipinski definition) is 3. The highest BCUT2D eigenvalue weighted by Crippen LogP contribution is 2.39. The van der Waals surface area contributed by atoms with Gasteiger partial charge in [-0.05, 0) is 43.6 Å². The third-order valence-corrected chi connectivity index (χ3v) is 5.57. The highest BCUT2D eigenvalue weighted by atomic mass is 16.5. The molecule has 0 aromatic rings. The smallest absolute Gasteiger partial charge is 0.0698 e. The van der Waals surface area contributed by atoms with Crippen LogP contribution in [0.5, 0.6) is 0 Å². The highest BCUT2D eigenvalue weighted by molar-refractivity contribution is 4.91. The molecule has 3 heteroatoms. The minimum atomic E-state index is 0.455. The van der Waals surface area contributed by atoms with Crippen LogP contribution in [0.2, 0.25) is 0 Å². The van der Waals surface area contributed by atoms with Crippen LogP contribution in [0, 0.1) is 11.3 Å². The lowest BCUT2D eigenvalue weighted by atomic mass is 9.70. The van der Waals surface area contributed by atoms with Crippen LogP contribution in [0.3, 0.4) is 0 Å². The average molecular weight is 296 g/mol. The van der Waals surface area contributed by atoms with Gasteiger partial charge in [0.25, 0.3) is 0 Å². The van der Waals surface area contributed by atoms with Crippen molar-refractivity contribution in [3.8, 4) is 0 Å². The molecule has 1 heterocycles. The molecule has 0 radical (unpaired) electrons. The van der Waals surface area contributed by atoms with Crippen molar-refractivity contribution in [3.63, 3.8) is 0 Å². The van der Waals surface area contributed by atoms with Crippen molar-refractivity contribution in [2.24, 2.45) is 11.3 Å². The van der Waals surface area contributed by atoms with Gasteiger partial charge in [0.05, 0.1) is 6.10 Å². The van der Waals surface area contributed by atoms with E-state index in [-0.39, 0.29) is 0 Å². The first-order valence-corrected chi connectivity index (χ1v) is 9.01. The Morgan fingerprint density at radius 3 is 2.57 bits per heavy atom. The van der Waals surface area contributed by atoms with Gasteiger partial charge in [-0.1, -0.05) is 33.6 Å². The molecule has 2 fully saturated rings. The van der Waals surface area contributed by atoms with Crippen LogP contribution in [0.15, 0.2) is 0 Å². The molecular weight excluding hydrogens is 260 g/mol. The molecule has 2 aliphatic rings. The zero-order chi connectivity index (χ0) is 15.3. The van der Waals surface area contributed by atoms with Crippen LogP contribution in [0.25, 0.3) is 0 Å². The highest BCUT2D eigenvalue weighted by Gasteiger charge is 2.36. The van der Waals surface area contributed by atoms with E-state index in [1.807, 2.05) is 7.11 Å². The van der Waals surface area contributed by atoms with Gasteiger partial charge < -0.3 is 15.0 Å². The second kappa shape index (κ2) is 7.94. The summed E-state index contributed by atoms with van der Waals surface area (Å²) in [5.41, 5.74) is 0.492. The van der Waals surface area contributed by atoms with Crippen molar-refractivity contribution in [1.82, 2.24) is 10.2 Å². The molecule has 0 spiro atoms. The maximum atomic E-state index is 5.60. The molecule has 1 atom stereocenters. The van der Waals surface area contributed by atoms with Gasteiger partial charge in [-0.25, -0.2) is 0 Å². The number of hydrogen-bond donors (Lipinski definition) is 1. The zero-order valence-corrected chi connectivity index (χ0v) is 14.7. The average Bonchev–Trinajstić information content (AvgIpc) is 2.48. The predicted octanol–water partition coefficient (Wildman–Crippen LogP) is 3.29. The van der Waals surface area contributed by atoms with E-state index >= 15 is 0 Å². The molecule has 1 aliphatic heterocycles. The number of methoxy groups -OCH3 is 1. The lowest BCUT2D eigenvalue weighted by Crippen LogP contribution is -2.50. The molecule has 1 N–H and O–H groups in total. The van der Waals surface area contributed by atoms with E-state index in [0.29, 0.717) is 17.6 Å². The summed E-state index contributed by atoms with van der Waals surface area (Å²) in [7, 11) is 1.87. The van der Waals surface area contributed by atoms with Gasteiger partial charge in [0.1, 0.15) is 0 Å². The minimum absolute atomic E-state index is 0.455. The minimum Gasteiger partial charge on any atom is -0.380 e. The second-order valence-electron chi connectivity index (χ2n) is 7.95. The Balaban J connectivity index is 1.94. The largest absolute Gasteiger partial charge is 0.380 e. The second-order valence-corrected chi connectivity index (χ2v) is 7.95. The topological polar surface area (TPSA) is 24.5 Å². The maximum absolute atomic E-state index is 5.60. The maximum Gasteiger partial charge on any atom is 0.0698 e. The third kappa shape index (κ3) is 5.22. The fourth-order valence-electron chi connectivity index (χ4n) is 4.01. The number of nitrogens with zero attached hydrogens (tertiary/aromatic N) is 1. The Morgan fingerprint density at radius 1 is 1.24 bits per heavy atom. The van der Waals surface area contributed by atoms with Crippen molar-refractivity contribution in [1.29, 1.82) is 0 Å². The van der Waals surface area contributed by atoms with E-state index in [1.54, 1.807) is 0 Å². The molecule has 3 nitrogen and oxygen atoms in total.